The van der Waals surface area contributed by atoms with Gasteiger partial charge in [0.1, 0.15) is 0 Å². The molecule has 0 spiro atoms. The average molecular weight is 375 g/mol. The zero-order chi connectivity index (χ0) is 19.6. The van der Waals surface area contributed by atoms with E-state index in [1.165, 1.54) is 17.9 Å². The van der Waals surface area contributed by atoms with Crippen molar-refractivity contribution in [1.29, 1.82) is 0 Å². The Kier molecular flexibility index (Phi) is 5.25. The van der Waals surface area contributed by atoms with Gasteiger partial charge < -0.3 is 14.2 Å². The largest absolute Gasteiger partial charge is 0.481 e. The molecular weight excluding hydrogens is 356 g/mol. The first-order valence-corrected chi connectivity index (χ1v) is 8.29. The Bertz CT molecular complexity index is 920. The Hall–Kier alpha value is -3.16. The number of rotatable bonds is 6. The summed E-state index contributed by atoms with van der Waals surface area (Å²) < 4.78 is 45.8. The van der Waals surface area contributed by atoms with E-state index in [9.17, 15) is 8.78 Å². The quantitative estimate of drug-likeness (QED) is 0.637. The molecule has 3 rings (SSSR count). The molecule has 0 saturated carbocycles. The van der Waals surface area contributed by atoms with Crippen LogP contribution in [0.5, 0.6) is 23.3 Å². The number of methoxy groups -OCH3 is 1. The number of halogens is 2. The molecule has 0 atom stereocenters. The van der Waals surface area contributed by atoms with E-state index in [1.807, 2.05) is 13.8 Å². The van der Waals surface area contributed by atoms with Gasteiger partial charge in [-0.3, -0.25) is 0 Å². The molecule has 3 aromatic rings. The predicted molar refractivity (Wildman–Crippen MR) is 94.8 cm³/mol. The van der Waals surface area contributed by atoms with Crippen LogP contribution in [-0.2, 0) is 0 Å². The molecule has 0 aliphatic rings. The summed E-state index contributed by atoms with van der Waals surface area (Å²) in [6.45, 7) is 5.34. The van der Waals surface area contributed by atoms with Gasteiger partial charge in [0.05, 0.1) is 30.8 Å². The molecular formula is C19H19F2N3O3. The standard InChI is InChI=1S/C19H19F2N3O3/c1-11(2)26-19-17(27-18-14(20)6-5-7-15(18)21)12(3)24(23-19)13-8-9-16(25-4)22-10-13/h5-11H,1-4H3. The minimum Gasteiger partial charge on any atom is -0.481 e. The fraction of sp³-hybridized carbons (Fsp3) is 0.263. The first-order valence-electron chi connectivity index (χ1n) is 8.29. The van der Waals surface area contributed by atoms with Gasteiger partial charge in [-0.05, 0) is 39.0 Å². The van der Waals surface area contributed by atoms with Gasteiger partial charge in [-0.25, -0.2) is 18.4 Å². The van der Waals surface area contributed by atoms with Gasteiger partial charge in [-0.15, -0.1) is 5.10 Å². The number of hydrogen-bond donors (Lipinski definition) is 0. The molecule has 0 amide bonds. The minimum atomic E-state index is -0.816. The molecule has 0 aliphatic heterocycles. The summed E-state index contributed by atoms with van der Waals surface area (Å²) in [5, 5.41) is 4.37. The maximum Gasteiger partial charge on any atom is 0.277 e. The number of aromatic nitrogens is 3. The lowest BCUT2D eigenvalue weighted by Crippen LogP contribution is -2.07. The summed E-state index contributed by atoms with van der Waals surface area (Å²) in [6, 6.07) is 6.93. The Balaban J connectivity index is 2.07. The number of nitrogens with zero attached hydrogens (tertiary/aromatic N) is 3. The second kappa shape index (κ2) is 7.61. The monoisotopic (exact) mass is 375 g/mol. The highest BCUT2D eigenvalue weighted by Crippen LogP contribution is 2.38. The Morgan fingerprint density at radius 2 is 1.74 bits per heavy atom. The number of benzene rings is 1. The van der Waals surface area contributed by atoms with Gasteiger partial charge in [0.15, 0.2) is 17.4 Å². The van der Waals surface area contributed by atoms with E-state index in [0.717, 1.165) is 12.1 Å². The van der Waals surface area contributed by atoms with Gasteiger partial charge in [0.25, 0.3) is 5.88 Å². The van der Waals surface area contributed by atoms with Crippen molar-refractivity contribution in [3.63, 3.8) is 0 Å². The highest BCUT2D eigenvalue weighted by Gasteiger charge is 2.23. The maximum atomic E-state index is 14.0. The van der Waals surface area contributed by atoms with E-state index in [4.69, 9.17) is 14.2 Å². The smallest absolute Gasteiger partial charge is 0.277 e. The molecule has 0 fully saturated rings. The summed E-state index contributed by atoms with van der Waals surface area (Å²) in [4.78, 5) is 4.14. The van der Waals surface area contributed by atoms with Crippen molar-refractivity contribution in [3.8, 4) is 28.9 Å². The lowest BCUT2D eigenvalue weighted by atomic mass is 10.3. The summed E-state index contributed by atoms with van der Waals surface area (Å²) in [5.41, 5.74) is 1.12. The van der Waals surface area contributed by atoms with Crippen molar-refractivity contribution < 1.29 is 23.0 Å². The fourth-order valence-electron chi connectivity index (χ4n) is 2.43. The molecule has 6 nitrogen and oxygen atoms in total. The van der Waals surface area contributed by atoms with Gasteiger partial charge in [-0.2, -0.15) is 0 Å². The third kappa shape index (κ3) is 3.84. The Labute approximate surface area is 155 Å². The van der Waals surface area contributed by atoms with E-state index in [2.05, 4.69) is 10.1 Å². The van der Waals surface area contributed by atoms with Crippen molar-refractivity contribution in [2.24, 2.45) is 0 Å². The summed E-state index contributed by atoms with van der Waals surface area (Å²) in [7, 11) is 1.52. The van der Waals surface area contributed by atoms with Crippen LogP contribution in [-0.4, -0.2) is 28.0 Å². The molecule has 0 radical (unpaired) electrons. The van der Waals surface area contributed by atoms with E-state index < -0.39 is 17.4 Å². The van der Waals surface area contributed by atoms with Gasteiger partial charge in [0, 0.05) is 6.07 Å². The number of ether oxygens (including phenoxy) is 3. The first-order chi connectivity index (χ1) is 12.9. The van der Waals surface area contributed by atoms with Crippen molar-refractivity contribution in [2.75, 3.05) is 7.11 Å². The van der Waals surface area contributed by atoms with Gasteiger partial charge in [0.2, 0.25) is 11.6 Å². The van der Waals surface area contributed by atoms with Crippen molar-refractivity contribution in [2.45, 2.75) is 26.9 Å². The second-order valence-corrected chi connectivity index (χ2v) is 6.01. The third-order valence-corrected chi connectivity index (χ3v) is 3.68. The van der Waals surface area contributed by atoms with E-state index in [0.29, 0.717) is 17.3 Å². The van der Waals surface area contributed by atoms with Gasteiger partial charge in [-0.1, -0.05) is 6.07 Å². The molecule has 2 aromatic heterocycles. The predicted octanol–water partition coefficient (Wildman–Crippen LogP) is 4.44. The zero-order valence-corrected chi connectivity index (χ0v) is 15.4. The van der Waals surface area contributed by atoms with E-state index in [-0.39, 0.29) is 17.7 Å². The van der Waals surface area contributed by atoms with Crippen LogP contribution in [0.3, 0.4) is 0 Å². The molecule has 0 saturated heterocycles. The van der Waals surface area contributed by atoms with Crippen LogP contribution in [0.4, 0.5) is 8.78 Å². The molecule has 142 valence electrons. The van der Waals surface area contributed by atoms with Crippen LogP contribution < -0.4 is 14.2 Å². The summed E-state index contributed by atoms with van der Waals surface area (Å²) >= 11 is 0. The summed E-state index contributed by atoms with van der Waals surface area (Å²) in [6.07, 6.45) is 1.35. The van der Waals surface area contributed by atoms with Crippen molar-refractivity contribution in [1.82, 2.24) is 14.8 Å². The molecule has 0 unspecified atom stereocenters. The minimum absolute atomic E-state index is 0.126. The lowest BCUT2D eigenvalue weighted by molar-refractivity contribution is 0.222. The first kappa shape index (κ1) is 18.6. The van der Waals surface area contributed by atoms with E-state index in [1.54, 1.807) is 25.3 Å². The maximum absolute atomic E-state index is 14.0. The fourth-order valence-corrected chi connectivity index (χ4v) is 2.43. The zero-order valence-electron chi connectivity index (χ0n) is 15.4. The number of para-hydroxylation sites is 1. The Morgan fingerprint density at radius 3 is 2.30 bits per heavy atom. The number of hydrogen-bond acceptors (Lipinski definition) is 5. The molecule has 0 aliphatic carbocycles. The molecule has 2 heterocycles. The molecule has 8 heteroatoms. The topological polar surface area (TPSA) is 58.4 Å². The highest BCUT2D eigenvalue weighted by molar-refractivity contribution is 5.47. The lowest BCUT2D eigenvalue weighted by Gasteiger charge is -2.11. The number of pyridine rings is 1. The molecule has 27 heavy (non-hydrogen) atoms. The van der Waals surface area contributed by atoms with Crippen LogP contribution in [0, 0.1) is 18.6 Å². The summed E-state index contributed by atoms with van der Waals surface area (Å²) in [5.74, 6) is -1.44. The second-order valence-electron chi connectivity index (χ2n) is 6.01. The van der Waals surface area contributed by atoms with Crippen molar-refractivity contribution in [3.05, 3.63) is 53.9 Å². The third-order valence-electron chi connectivity index (χ3n) is 3.68. The van der Waals surface area contributed by atoms with Crippen LogP contribution in [0.1, 0.15) is 19.5 Å². The van der Waals surface area contributed by atoms with Crippen LogP contribution >= 0.6 is 0 Å². The molecule has 0 N–H and O–H groups in total. The van der Waals surface area contributed by atoms with Crippen LogP contribution in [0.25, 0.3) is 5.69 Å². The van der Waals surface area contributed by atoms with Crippen molar-refractivity contribution >= 4 is 0 Å². The van der Waals surface area contributed by atoms with Crippen LogP contribution in [0.15, 0.2) is 36.5 Å². The normalized spacial score (nSPS) is 10.9. The molecule has 0 bridgehead atoms. The van der Waals surface area contributed by atoms with Crippen LogP contribution in [0.2, 0.25) is 0 Å². The molecule has 1 aromatic carbocycles. The van der Waals surface area contributed by atoms with Gasteiger partial charge >= 0.3 is 0 Å². The Morgan fingerprint density at radius 1 is 1.04 bits per heavy atom. The van der Waals surface area contributed by atoms with E-state index >= 15 is 0 Å². The average Bonchev–Trinajstić information content (AvgIpc) is 2.93. The SMILES string of the molecule is COc1ccc(-n2nc(OC(C)C)c(Oc3c(F)cccc3F)c2C)cn1. The highest BCUT2D eigenvalue weighted by atomic mass is 19.1.